The van der Waals surface area contributed by atoms with Gasteiger partial charge in [-0.25, -0.2) is 13.4 Å². The number of rotatable bonds is 10. The van der Waals surface area contributed by atoms with Gasteiger partial charge in [0.25, 0.3) is 0 Å². The Morgan fingerprint density at radius 2 is 1.74 bits per heavy atom. The molecule has 0 amide bonds. The second-order valence-electron chi connectivity index (χ2n) is 7.54. The van der Waals surface area contributed by atoms with Crippen LogP contribution in [0.3, 0.4) is 0 Å². The summed E-state index contributed by atoms with van der Waals surface area (Å²) in [5.74, 6) is 1.12. The average molecular weight is 438 g/mol. The van der Waals surface area contributed by atoms with E-state index in [4.69, 9.17) is 9.72 Å². The van der Waals surface area contributed by atoms with Crippen molar-refractivity contribution in [3.05, 3.63) is 66.6 Å². The second-order valence-corrected chi connectivity index (χ2v) is 9.65. The largest absolute Gasteiger partial charge is 0.380 e. The van der Waals surface area contributed by atoms with Crippen LogP contribution in [-0.2, 0) is 27.5 Å². The van der Waals surface area contributed by atoms with Crippen molar-refractivity contribution < 1.29 is 13.2 Å². The molecular formula is C24H27N3O3S. The van der Waals surface area contributed by atoms with Gasteiger partial charge in [0.15, 0.2) is 9.84 Å². The first-order valence-corrected chi connectivity index (χ1v) is 12.3. The van der Waals surface area contributed by atoms with Crippen LogP contribution >= 0.6 is 0 Å². The summed E-state index contributed by atoms with van der Waals surface area (Å²) in [6, 6.07) is 16.7. The molecule has 0 unspecified atom stereocenters. The second kappa shape index (κ2) is 9.58. The summed E-state index contributed by atoms with van der Waals surface area (Å²) in [6.07, 6.45) is 4.20. The lowest BCUT2D eigenvalue weighted by Crippen LogP contribution is -2.13. The molecule has 31 heavy (non-hydrogen) atoms. The van der Waals surface area contributed by atoms with E-state index in [0.717, 1.165) is 40.6 Å². The molecule has 0 saturated carbocycles. The van der Waals surface area contributed by atoms with Crippen molar-refractivity contribution >= 4 is 31.8 Å². The predicted octanol–water partition coefficient (Wildman–Crippen LogP) is 4.42. The number of hydrogen-bond donors (Lipinski definition) is 0. The molecule has 4 aromatic rings. The first kappa shape index (κ1) is 21.5. The Bertz CT molecular complexity index is 1270. The molecule has 7 heteroatoms. The van der Waals surface area contributed by atoms with Gasteiger partial charge in [-0.05, 0) is 31.0 Å². The Morgan fingerprint density at radius 1 is 0.968 bits per heavy atom. The molecular weight excluding hydrogens is 410 g/mol. The van der Waals surface area contributed by atoms with E-state index in [1.165, 1.54) is 0 Å². The third-order valence-corrected chi connectivity index (χ3v) is 7.11. The Hall–Kier alpha value is -2.77. The maximum atomic E-state index is 12.4. The fourth-order valence-corrected chi connectivity index (χ4v) is 5.13. The molecule has 162 valence electrons. The SMILES string of the molecule is CCCc1nc2cnc3ccccc3c2n1CCOCCCS(=O)(=O)c1ccccc1. The van der Waals surface area contributed by atoms with Crippen LogP contribution in [-0.4, -0.2) is 41.9 Å². The molecule has 0 N–H and O–H groups in total. The van der Waals surface area contributed by atoms with Gasteiger partial charge in [-0.15, -0.1) is 0 Å². The molecule has 2 aromatic heterocycles. The summed E-state index contributed by atoms with van der Waals surface area (Å²) < 4.78 is 32.8. The molecule has 0 aliphatic rings. The van der Waals surface area contributed by atoms with Crippen LogP contribution < -0.4 is 0 Å². The quantitative estimate of drug-likeness (QED) is 0.343. The van der Waals surface area contributed by atoms with Crippen LogP contribution in [0.1, 0.15) is 25.6 Å². The van der Waals surface area contributed by atoms with E-state index in [1.54, 1.807) is 24.3 Å². The van der Waals surface area contributed by atoms with Gasteiger partial charge >= 0.3 is 0 Å². The van der Waals surface area contributed by atoms with Crippen LogP contribution in [0.25, 0.3) is 21.9 Å². The third kappa shape index (κ3) is 4.78. The molecule has 2 heterocycles. The third-order valence-electron chi connectivity index (χ3n) is 5.30. The molecule has 0 aliphatic heterocycles. The van der Waals surface area contributed by atoms with E-state index in [1.807, 2.05) is 30.5 Å². The van der Waals surface area contributed by atoms with E-state index in [-0.39, 0.29) is 5.75 Å². The highest BCUT2D eigenvalue weighted by Crippen LogP contribution is 2.25. The zero-order valence-corrected chi connectivity index (χ0v) is 18.5. The number of imidazole rings is 1. The lowest BCUT2D eigenvalue weighted by atomic mass is 10.2. The minimum Gasteiger partial charge on any atom is -0.380 e. The molecule has 0 bridgehead atoms. The minimum absolute atomic E-state index is 0.0857. The first-order valence-electron chi connectivity index (χ1n) is 10.7. The summed E-state index contributed by atoms with van der Waals surface area (Å²) in [5.41, 5.74) is 2.94. The highest BCUT2D eigenvalue weighted by Gasteiger charge is 2.15. The molecule has 2 aromatic carbocycles. The average Bonchev–Trinajstić information content (AvgIpc) is 3.14. The molecule has 0 aliphatic carbocycles. The van der Waals surface area contributed by atoms with Crippen molar-refractivity contribution in [3.8, 4) is 0 Å². The number of aryl methyl sites for hydroxylation is 1. The molecule has 0 radical (unpaired) electrons. The van der Waals surface area contributed by atoms with Crippen molar-refractivity contribution in [1.82, 2.24) is 14.5 Å². The smallest absolute Gasteiger partial charge is 0.178 e. The van der Waals surface area contributed by atoms with Gasteiger partial charge in [0, 0.05) is 25.0 Å². The molecule has 0 saturated heterocycles. The lowest BCUT2D eigenvalue weighted by Gasteiger charge is -2.11. The number of fused-ring (bicyclic) bond motifs is 3. The topological polar surface area (TPSA) is 74.1 Å². The lowest BCUT2D eigenvalue weighted by molar-refractivity contribution is 0.127. The van der Waals surface area contributed by atoms with Crippen LogP contribution in [0.4, 0.5) is 0 Å². The molecule has 4 rings (SSSR count). The Morgan fingerprint density at radius 3 is 2.55 bits per heavy atom. The number of hydrogen-bond acceptors (Lipinski definition) is 5. The minimum atomic E-state index is -3.26. The first-order chi connectivity index (χ1) is 15.1. The fourth-order valence-electron chi connectivity index (χ4n) is 3.82. The predicted molar refractivity (Wildman–Crippen MR) is 123 cm³/mol. The van der Waals surface area contributed by atoms with Gasteiger partial charge in [0.05, 0.1) is 34.5 Å². The monoisotopic (exact) mass is 437 g/mol. The van der Waals surface area contributed by atoms with Crippen molar-refractivity contribution in [2.24, 2.45) is 0 Å². The summed E-state index contributed by atoms with van der Waals surface area (Å²) in [4.78, 5) is 9.69. The Labute approximate surface area is 182 Å². The van der Waals surface area contributed by atoms with Crippen LogP contribution in [0.15, 0.2) is 65.7 Å². The molecule has 0 spiro atoms. The van der Waals surface area contributed by atoms with Crippen LogP contribution in [0.5, 0.6) is 0 Å². The van der Waals surface area contributed by atoms with E-state index >= 15 is 0 Å². The van der Waals surface area contributed by atoms with Crippen molar-refractivity contribution in [3.63, 3.8) is 0 Å². The molecule has 0 atom stereocenters. The molecule has 6 nitrogen and oxygen atoms in total. The number of pyridine rings is 1. The molecule has 0 fully saturated rings. The van der Waals surface area contributed by atoms with E-state index in [2.05, 4.69) is 22.5 Å². The van der Waals surface area contributed by atoms with Crippen molar-refractivity contribution in [2.45, 2.75) is 37.6 Å². The Kier molecular flexibility index (Phi) is 6.63. The summed E-state index contributed by atoms with van der Waals surface area (Å²) in [7, 11) is -3.26. The number of aromatic nitrogens is 3. The van der Waals surface area contributed by atoms with E-state index in [0.29, 0.717) is 31.1 Å². The normalized spacial score (nSPS) is 12.0. The van der Waals surface area contributed by atoms with Gasteiger partial charge in [-0.2, -0.15) is 0 Å². The van der Waals surface area contributed by atoms with Gasteiger partial charge in [-0.3, -0.25) is 4.98 Å². The number of ether oxygens (including phenoxy) is 1. The maximum Gasteiger partial charge on any atom is 0.178 e. The van der Waals surface area contributed by atoms with E-state index in [9.17, 15) is 8.42 Å². The number of nitrogens with zero attached hydrogens (tertiary/aromatic N) is 3. The summed E-state index contributed by atoms with van der Waals surface area (Å²) in [6.45, 7) is 3.73. The maximum absolute atomic E-state index is 12.4. The zero-order chi connectivity index (χ0) is 21.7. The number of sulfone groups is 1. The van der Waals surface area contributed by atoms with E-state index < -0.39 is 9.84 Å². The number of benzene rings is 2. The Balaban J connectivity index is 1.41. The summed E-state index contributed by atoms with van der Waals surface area (Å²) in [5, 5.41) is 1.09. The van der Waals surface area contributed by atoms with Gasteiger partial charge < -0.3 is 9.30 Å². The summed E-state index contributed by atoms with van der Waals surface area (Å²) >= 11 is 0. The van der Waals surface area contributed by atoms with Crippen molar-refractivity contribution in [2.75, 3.05) is 19.0 Å². The van der Waals surface area contributed by atoms with Crippen LogP contribution in [0.2, 0.25) is 0 Å². The highest BCUT2D eigenvalue weighted by atomic mass is 32.2. The highest BCUT2D eigenvalue weighted by molar-refractivity contribution is 7.91. The van der Waals surface area contributed by atoms with Gasteiger partial charge in [0.1, 0.15) is 11.3 Å². The van der Waals surface area contributed by atoms with Crippen LogP contribution in [0, 0.1) is 0 Å². The standard InChI is InChI=1S/C24H27N3O3S/c1-2-9-23-26-22-18-25-21-13-7-6-12-20(21)24(22)27(23)14-16-30-15-8-17-31(28,29)19-10-4-3-5-11-19/h3-7,10-13,18H,2,8-9,14-17H2,1H3. The van der Waals surface area contributed by atoms with Crippen molar-refractivity contribution in [1.29, 1.82) is 0 Å². The fraction of sp³-hybridized carbons (Fsp3) is 0.333. The van der Waals surface area contributed by atoms with Gasteiger partial charge in [-0.1, -0.05) is 43.3 Å². The zero-order valence-electron chi connectivity index (χ0n) is 17.7. The van der Waals surface area contributed by atoms with Gasteiger partial charge in [0.2, 0.25) is 0 Å². The number of para-hydroxylation sites is 1.